The first kappa shape index (κ1) is 12.9. The molecule has 0 aliphatic carbocycles. The molecule has 0 aliphatic heterocycles. The number of rotatable bonds is 4. The number of nitrogens with zero attached hydrogens (tertiary/aromatic N) is 3. The topological polar surface area (TPSA) is 84.4 Å². The van der Waals surface area contributed by atoms with Crippen LogP contribution >= 0.6 is 11.6 Å². The van der Waals surface area contributed by atoms with Crippen LogP contribution in [0.15, 0.2) is 6.07 Å². The minimum atomic E-state index is -3.65. The molecule has 7 nitrogen and oxygen atoms in total. The van der Waals surface area contributed by atoms with Crippen molar-refractivity contribution in [1.82, 2.24) is 14.3 Å². The lowest BCUT2D eigenvalue weighted by atomic mass is 10.6. The quantitative estimate of drug-likeness (QED) is 0.796. The summed E-state index contributed by atoms with van der Waals surface area (Å²) in [5.74, 6) is 0.0366. The van der Waals surface area contributed by atoms with Gasteiger partial charge in [0.2, 0.25) is 11.8 Å². The molecule has 0 spiro atoms. The van der Waals surface area contributed by atoms with Crippen molar-refractivity contribution in [3.63, 3.8) is 0 Å². The third kappa shape index (κ3) is 3.19. The van der Waals surface area contributed by atoms with E-state index in [1.807, 2.05) is 0 Å². The van der Waals surface area contributed by atoms with Crippen molar-refractivity contribution in [2.45, 2.75) is 0 Å². The first-order valence-corrected chi connectivity index (χ1v) is 5.96. The molecule has 0 atom stereocenters. The number of hydrogen-bond acceptors (Lipinski definition) is 5. The van der Waals surface area contributed by atoms with Gasteiger partial charge in [0.15, 0.2) is 0 Å². The largest absolute Gasteiger partial charge is 0.481 e. The Kier molecular flexibility index (Phi) is 3.89. The van der Waals surface area contributed by atoms with Crippen LogP contribution in [0.1, 0.15) is 0 Å². The summed E-state index contributed by atoms with van der Waals surface area (Å²) in [7, 11) is 0.501. The average Bonchev–Trinajstić information content (AvgIpc) is 2.15. The van der Waals surface area contributed by atoms with Gasteiger partial charge in [0.25, 0.3) is 0 Å². The van der Waals surface area contributed by atoms with Crippen LogP contribution in [0.3, 0.4) is 0 Å². The standard InChI is InChI=1S/C7H11ClN4O3S/c1-12(2)16(13,14)11-7-9-5(8)4-6(10-7)15-3/h4H,1-3H3,(H,9,10,11). The number of methoxy groups -OCH3 is 1. The van der Waals surface area contributed by atoms with E-state index < -0.39 is 10.2 Å². The zero-order valence-electron chi connectivity index (χ0n) is 8.93. The van der Waals surface area contributed by atoms with Gasteiger partial charge in [-0.25, -0.2) is 9.71 Å². The molecule has 0 bridgehead atoms. The molecule has 1 aromatic heterocycles. The van der Waals surface area contributed by atoms with Gasteiger partial charge in [0.05, 0.1) is 7.11 Å². The summed E-state index contributed by atoms with van der Waals surface area (Å²) in [6.45, 7) is 0. The van der Waals surface area contributed by atoms with E-state index in [0.29, 0.717) is 0 Å². The van der Waals surface area contributed by atoms with Crippen molar-refractivity contribution in [2.75, 3.05) is 25.9 Å². The highest BCUT2D eigenvalue weighted by Gasteiger charge is 2.15. The molecule has 16 heavy (non-hydrogen) atoms. The van der Waals surface area contributed by atoms with Crippen molar-refractivity contribution in [3.05, 3.63) is 11.2 Å². The average molecular weight is 267 g/mol. The second kappa shape index (κ2) is 4.81. The zero-order chi connectivity index (χ0) is 12.3. The summed E-state index contributed by atoms with van der Waals surface area (Å²) in [4.78, 5) is 7.49. The Labute approximate surface area is 98.6 Å². The van der Waals surface area contributed by atoms with Crippen LogP contribution < -0.4 is 9.46 Å². The molecule has 0 aromatic carbocycles. The van der Waals surface area contributed by atoms with Crippen molar-refractivity contribution in [3.8, 4) is 5.88 Å². The molecule has 0 radical (unpaired) electrons. The lowest BCUT2D eigenvalue weighted by molar-refractivity contribution is 0.397. The minimum absolute atomic E-state index is 0.0864. The Hall–Kier alpha value is -1.12. The number of anilines is 1. The molecule has 0 saturated carbocycles. The van der Waals surface area contributed by atoms with Gasteiger partial charge in [-0.15, -0.1) is 0 Å². The fourth-order valence-electron chi connectivity index (χ4n) is 0.754. The fraction of sp³-hybridized carbons (Fsp3) is 0.429. The summed E-state index contributed by atoms with van der Waals surface area (Å²) in [5, 5.41) is 0.0864. The van der Waals surface area contributed by atoms with Crippen LogP contribution in [-0.4, -0.2) is 43.9 Å². The van der Waals surface area contributed by atoms with Gasteiger partial charge in [-0.1, -0.05) is 11.6 Å². The molecule has 0 amide bonds. The van der Waals surface area contributed by atoms with E-state index in [-0.39, 0.29) is 17.0 Å². The van der Waals surface area contributed by atoms with Crippen LogP contribution in [0.5, 0.6) is 5.88 Å². The lowest BCUT2D eigenvalue weighted by Gasteiger charge is -2.12. The van der Waals surface area contributed by atoms with Gasteiger partial charge in [-0.2, -0.15) is 17.7 Å². The van der Waals surface area contributed by atoms with Gasteiger partial charge >= 0.3 is 10.2 Å². The minimum Gasteiger partial charge on any atom is -0.481 e. The maximum atomic E-state index is 11.5. The molecular weight excluding hydrogens is 256 g/mol. The van der Waals surface area contributed by atoms with Crippen LogP contribution in [-0.2, 0) is 10.2 Å². The number of hydrogen-bond donors (Lipinski definition) is 1. The predicted octanol–water partition coefficient (Wildman–Crippen LogP) is 0.357. The number of nitrogens with one attached hydrogen (secondary N) is 1. The molecule has 90 valence electrons. The molecule has 0 fully saturated rings. The highest BCUT2D eigenvalue weighted by molar-refractivity contribution is 7.90. The zero-order valence-corrected chi connectivity index (χ0v) is 10.5. The van der Waals surface area contributed by atoms with Crippen LogP contribution in [0.25, 0.3) is 0 Å². The van der Waals surface area contributed by atoms with Gasteiger partial charge in [-0.3, -0.25) is 0 Å². The number of ether oxygens (including phenoxy) is 1. The molecule has 1 heterocycles. The molecular formula is C7H11ClN4O3S. The highest BCUT2D eigenvalue weighted by atomic mass is 35.5. The van der Waals surface area contributed by atoms with E-state index in [2.05, 4.69) is 14.7 Å². The second-order valence-corrected chi connectivity index (χ2v) is 5.22. The summed E-state index contributed by atoms with van der Waals surface area (Å²) < 4.78 is 30.9. The van der Waals surface area contributed by atoms with E-state index >= 15 is 0 Å². The van der Waals surface area contributed by atoms with Gasteiger partial charge < -0.3 is 4.74 Å². The van der Waals surface area contributed by atoms with Gasteiger partial charge in [0, 0.05) is 20.2 Å². The normalized spacial score (nSPS) is 11.6. The Bertz CT molecular complexity index is 477. The summed E-state index contributed by atoms with van der Waals surface area (Å²) in [6, 6.07) is 1.37. The van der Waals surface area contributed by atoms with Gasteiger partial charge in [0.1, 0.15) is 5.15 Å². The van der Waals surface area contributed by atoms with Crippen molar-refractivity contribution >= 4 is 27.8 Å². The Morgan fingerprint density at radius 1 is 1.44 bits per heavy atom. The third-order valence-corrected chi connectivity index (χ3v) is 3.18. The molecule has 1 N–H and O–H groups in total. The maximum Gasteiger partial charge on any atom is 0.303 e. The number of halogens is 1. The van der Waals surface area contributed by atoms with Crippen molar-refractivity contribution < 1.29 is 13.2 Å². The predicted molar refractivity (Wildman–Crippen MR) is 59.8 cm³/mol. The maximum absolute atomic E-state index is 11.5. The van der Waals surface area contributed by atoms with Gasteiger partial charge in [-0.05, 0) is 0 Å². The van der Waals surface area contributed by atoms with E-state index in [0.717, 1.165) is 4.31 Å². The monoisotopic (exact) mass is 266 g/mol. The van der Waals surface area contributed by atoms with Crippen molar-refractivity contribution in [1.29, 1.82) is 0 Å². The molecule has 1 rings (SSSR count). The van der Waals surface area contributed by atoms with Crippen LogP contribution in [0, 0.1) is 0 Å². The first-order valence-electron chi connectivity index (χ1n) is 4.14. The summed E-state index contributed by atoms with van der Waals surface area (Å²) >= 11 is 5.66. The highest BCUT2D eigenvalue weighted by Crippen LogP contribution is 2.16. The molecule has 0 aliphatic rings. The van der Waals surface area contributed by atoms with E-state index in [1.165, 1.54) is 27.3 Å². The summed E-state index contributed by atoms with van der Waals surface area (Å²) in [5.41, 5.74) is 0. The SMILES string of the molecule is COc1cc(Cl)nc(NS(=O)(=O)N(C)C)n1. The Morgan fingerprint density at radius 2 is 2.06 bits per heavy atom. The first-order chi connectivity index (χ1) is 7.35. The second-order valence-electron chi connectivity index (χ2n) is 2.95. The Balaban J connectivity index is 3.02. The van der Waals surface area contributed by atoms with Crippen LogP contribution in [0.4, 0.5) is 5.95 Å². The molecule has 0 saturated heterocycles. The molecule has 0 unspecified atom stereocenters. The smallest absolute Gasteiger partial charge is 0.303 e. The fourth-order valence-corrected chi connectivity index (χ4v) is 1.43. The van der Waals surface area contributed by atoms with E-state index in [1.54, 1.807) is 0 Å². The number of aromatic nitrogens is 2. The van der Waals surface area contributed by atoms with Crippen molar-refractivity contribution in [2.24, 2.45) is 0 Å². The molecule has 9 heteroatoms. The third-order valence-electron chi connectivity index (χ3n) is 1.58. The Morgan fingerprint density at radius 3 is 2.56 bits per heavy atom. The molecule has 1 aromatic rings. The van der Waals surface area contributed by atoms with E-state index in [4.69, 9.17) is 16.3 Å². The summed E-state index contributed by atoms with van der Waals surface area (Å²) in [6.07, 6.45) is 0. The van der Waals surface area contributed by atoms with E-state index in [9.17, 15) is 8.42 Å². The lowest BCUT2D eigenvalue weighted by Crippen LogP contribution is -2.29. The van der Waals surface area contributed by atoms with Crippen LogP contribution in [0.2, 0.25) is 5.15 Å².